The molecule has 1 saturated carbocycles. The number of nitrogens with one attached hydrogen (secondary N) is 2. The SMILES string of the molecule is O=CC1CCC(NC(=O)NCc2ccc(Cl)cc2)CC1. The van der Waals surface area contributed by atoms with Gasteiger partial charge in [0.1, 0.15) is 6.29 Å². The van der Waals surface area contributed by atoms with Crippen LogP contribution in [0.3, 0.4) is 0 Å². The largest absolute Gasteiger partial charge is 0.335 e. The number of hydrogen-bond acceptors (Lipinski definition) is 2. The Bertz CT molecular complexity index is 453. The van der Waals surface area contributed by atoms with Crippen LogP contribution in [0.1, 0.15) is 31.2 Å². The molecule has 0 bridgehead atoms. The summed E-state index contributed by atoms with van der Waals surface area (Å²) in [6.07, 6.45) is 4.50. The molecule has 0 spiro atoms. The van der Waals surface area contributed by atoms with Crippen LogP contribution in [-0.4, -0.2) is 18.4 Å². The molecule has 0 radical (unpaired) electrons. The zero-order chi connectivity index (χ0) is 14.4. The first-order valence-electron chi connectivity index (χ1n) is 6.91. The van der Waals surface area contributed by atoms with Gasteiger partial charge in [-0.2, -0.15) is 0 Å². The zero-order valence-corrected chi connectivity index (χ0v) is 12.0. The molecule has 0 unspecified atom stereocenters. The van der Waals surface area contributed by atoms with Crippen molar-refractivity contribution in [1.82, 2.24) is 10.6 Å². The fraction of sp³-hybridized carbons (Fsp3) is 0.467. The van der Waals surface area contributed by atoms with Crippen molar-refractivity contribution in [3.63, 3.8) is 0 Å². The molecular formula is C15H19ClN2O2. The molecule has 1 aliphatic rings. The van der Waals surface area contributed by atoms with E-state index in [1.54, 1.807) is 12.1 Å². The summed E-state index contributed by atoms with van der Waals surface area (Å²) in [6.45, 7) is 0.479. The van der Waals surface area contributed by atoms with Gasteiger partial charge in [-0.1, -0.05) is 23.7 Å². The Kier molecular flexibility index (Phi) is 5.41. The third-order valence-electron chi connectivity index (χ3n) is 3.67. The Labute approximate surface area is 123 Å². The van der Waals surface area contributed by atoms with E-state index in [1.165, 1.54) is 0 Å². The molecule has 2 amide bonds. The number of rotatable bonds is 4. The van der Waals surface area contributed by atoms with Crippen LogP contribution in [0.15, 0.2) is 24.3 Å². The van der Waals surface area contributed by atoms with E-state index in [0.29, 0.717) is 11.6 Å². The quantitative estimate of drug-likeness (QED) is 0.839. The van der Waals surface area contributed by atoms with Gasteiger partial charge in [-0.05, 0) is 43.4 Å². The van der Waals surface area contributed by atoms with Crippen LogP contribution in [0.5, 0.6) is 0 Å². The monoisotopic (exact) mass is 294 g/mol. The fourth-order valence-corrected chi connectivity index (χ4v) is 2.55. The highest BCUT2D eigenvalue weighted by Crippen LogP contribution is 2.22. The van der Waals surface area contributed by atoms with Gasteiger partial charge in [0, 0.05) is 23.5 Å². The average molecular weight is 295 g/mol. The van der Waals surface area contributed by atoms with Crippen LogP contribution in [0.2, 0.25) is 5.02 Å². The molecule has 1 aromatic rings. The normalized spacial score (nSPS) is 22.1. The number of halogens is 1. The second-order valence-electron chi connectivity index (χ2n) is 5.20. The van der Waals surface area contributed by atoms with Gasteiger partial charge in [0.2, 0.25) is 0 Å². The molecule has 0 saturated heterocycles. The first-order valence-corrected chi connectivity index (χ1v) is 7.29. The summed E-state index contributed by atoms with van der Waals surface area (Å²) in [5.74, 6) is 0.171. The predicted molar refractivity (Wildman–Crippen MR) is 78.6 cm³/mol. The molecule has 2 N–H and O–H groups in total. The van der Waals surface area contributed by atoms with Crippen molar-refractivity contribution in [1.29, 1.82) is 0 Å². The van der Waals surface area contributed by atoms with Crippen molar-refractivity contribution in [2.45, 2.75) is 38.3 Å². The number of urea groups is 1. The summed E-state index contributed by atoms with van der Waals surface area (Å²) in [6, 6.07) is 7.40. The Morgan fingerprint density at radius 1 is 1.20 bits per heavy atom. The van der Waals surface area contributed by atoms with E-state index in [1.807, 2.05) is 12.1 Å². The lowest BCUT2D eigenvalue weighted by Crippen LogP contribution is -2.43. The minimum atomic E-state index is -0.158. The number of benzene rings is 1. The van der Waals surface area contributed by atoms with E-state index >= 15 is 0 Å². The minimum Gasteiger partial charge on any atom is -0.335 e. The summed E-state index contributed by atoms with van der Waals surface area (Å²) >= 11 is 5.80. The molecule has 1 fully saturated rings. The fourth-order valence-electron chi connectivity index (χ4n) is 2.42. The molecule has 0 atom stereocenters. The Hall–Kier alpha value is -1.55. The number of aldehydes is 1. The molecule has 108 valence electrons. The van der Waals surface area contributed by atoms with Crippen LogP contribution >= 0.6 is 11.6 Å². The Morgan fingerprint density at radius 3 is 2.45 bits per heavy atom. The summed E-state index contributed by atoms with van der Waals surface area (Å²) in [5, 5.41) is 6.47. The van der Waals surface area contributed by atoms with Crippen LogP contribution in [0, 0.1) is 5.92 Å². The van der Waals surface area contributed by atoms with Crippen LogP contribution in [0.4, 0.5) is 4.79 Å². The van der Waals surface area contributed by atoms with E-state index in [-0.39, 0.29) is 18.0 Å². The molecule has 1 aromatic carbocycles. The molecule has 2 rings (SSSR count). The molecule has 20 heavy (non-hydrogen) atoms. The van der Waals surface area contributed by atoms with Crippen molar-refractivity contribution in [2.24, 2.45) is 5.92 Å². The highest BCUT2D eigenvalue weighted by molar-refractivity contribution is 6.30. The maximum Gasteiger partial charge on any atom is 0.315 e. The van der Waals surface area contributed by atoms with Crippen molar-refractivity contribution in [3.05, 3.63) is 34.9 Å². The first-order chi connectivity index (χ1) is 9.67. The number of carbonyl (C=O) groups is 2. The molecule has 1 aliphatic carbocycles. The highest BCUT2D eigenvalue weighted by atomic mass is 35.5. The van der Waals surface area contributed by atoms with E-state index in [4.69, 9.17) is 11.6 Å². The van der Waals surface area contributed by atoms with Gasteiger partial charge < -0.3 is 15.4 Å². The summed E-state index contributed by atoms with van der Waals surface area (Å²) in [5.41, 5.74) is 1.01. The second-order valence-corrected chi connectivity index (χ2v) is 5.64. The van der Waals surface area contributed by atoms with E-state index < -0.39 is 0 Å². The van der Waals surface area contributed by atoms with E-state index in [9.17, 15) is 9.59 Å². The van der Waals surface area contributed by atoms with Gasteiger partial charge in [0.25, 0.3) is 0 Å². The topological polar surface area (TPSA) is 58.2 Å². The third-order valence-corrected chi connectivity index (χ3v) is 3.92. The Morgan fingerprint density at radius 2 is 1.85 bits per heavy atom. The van der Waals surface area contributed by atoms with Gasteiger partial charge in [-0.15, -0.1) is 0 Å². The smallest absolute Gasteiger partial charge is 0.315 e. The molecule has 5 heteroatoms. The van der Waals surface area contributed by atoms with Gasteiger partial charge in [0.15, 0.2) is 0 Å². The van der Waals surface area contributed by atoms with Crippen molar-refractivity contribution in [3.8, 4) is 0 Å². The minimum absolute atomic E-state index is 0.158. The summed E-state index contributed by atoms with van der Waals surface area (Å²) in [4.78, 5) is 22.4. The average Bonchev–Trinajstić information content (AvgIpc) is 2.47. The lowest BCUT2D eigenvalue weighted by molar-refractivity contribution is -0.111. The number of amides is 2. The van der Waals surface area contributed by atoms with Crippen LogP contribution in [-0.2, 0) is 11.3 Å². The van der Waals surface area contributed by atoms with Crippen molar-refractivity contribution in [2.75, 3.05) is 0 Å². The molecular weight excluding hydrogens is 276 g/mol. The molecule has 0 heterocycles. The maximum atomic E-state index is 11.8. The third kappa shape index (κ3) is 4.53. The van der Waals surface area contributed by atoms with Gasteiger partial charge in [-0.3, -0.25) is 0 Å². The first kappa shape index (κ1) is 14.9. The maximum absolute atomic E-state index is 11.8. The predicted octanol–water partition coefficient (Wildman–Crippen LogP) is 2.90. The van der Waals surface area contributed by atoms with Crippen molar-refractivity contribution >= 4 is 23.9 Å². The van der Waals surface area contributed by atoms with Crippen molar-refractivity contribution < 1.29 is 9.59 Å². The second kappa shape index (κ2) is 7.29. The summed E-state index contributed by atoms with van der Waals surface area (Å²) in [7, 11) is 0. The summed E-state index contributed by atoms with van der Waals surface area (Å²) < 4.78 is 0. The van der Waals surface area contributed by atoms with Gasteiger partial charge in [0.05, 0.1) is 0 Å². The van der Waals surface area contributed by atoms with Crippen LogP contribution < -0.4 is 10.6 Å². The molecule has 0 aliphatic heterocycles. The number of carbonyl (C=O) groups excluding carboxylic acids is 2. The van der Waals surface area contributed by atoms with E-state index in [0.717, 1.165) is 37.5 Å². The molecule has 4 nitrogen and oxygen atoms in total. The van der Waals surface area contributed by atoms with Crippen LogP contribution in [0.25, 0.3) is 0 Å². The zero-order valence-electron chi connectivity index (χ0n) is 11.3. The number of hydrogen-bond donors (Lipinski definition) is 2. The highest BCUT2D eigenvalue weighted by Gasteiger charge is 2.21. The molecule has 0 aromatic heterocycles. The lowest BCUT2D eigenvalue weighted by Gasteiger charge is -2.26. The lowest BCUT2D eigenvalue weighted by atomic mass is 9.87. The Balaban J connectivity index is 1.70. The van der Waals surface area contributed by atoms with Gasteiger partial charge in [-0.25, -0.2) is 4.79 Å². The van der Waals surface area contributed by atoms with Gasteiger partial charge >= 0.3 is 6.03 Å². The van der Waals surface area contributed by atoms with E-state index in [2.05, 4.69) is 10.6 Å². The standard InChI is InChI=1S/C15H19ClN2O2/c16-13-5-1-11(2-6-13)9-17-15(20)18-14-7-3-12(10-19)4-8-14/h1-2,5-6,10,12,14H,3-4,7-9H2,(H2,17,18,20).